The molecular weight excluding hydrogens is 408 g/mol. The number of likely N-dealkylation sites (N-methyl/N-ethyl adjacent to an activating group) is 1. The predicted octanol–water partition coefficient (Wildman–Crippen LogP) is 3.51. The van der Waals surface area contributed by atoms with E-state index in [1.807, 2.05) is 54.6 Å². The van der Waals surface area contributed by atoms with E-state index in [0.29, 0.717) is 41.7 Å². The Morgan fingerprint density at radius 3 is 2.34 bits per heavy atom. The fourth-order valence-electron chi connectivity index (χ4n) is 3.25. The van der Waals surface area contributed by atoms with Gasteiger partial charge >= 0.3 is 0 Å². The van der Waals surface area contributed by atoms with Gasteiger partial charge in [-0.25, -0.2) is 0 Å². The standard InChI is InChI=1S/C25H24N2O5/c1-27(16-21-17-30-22-9-5-6-10-23(22)32-21)24(28)15-26-25(29)18-11-13-20(14-12-18)31-19-7-3-2-4-8-19/h2-14,21H,15-17H2,1H3,(H,26,29)/t21-/m0/s1. The van der Waals surface area contributed by atoms with E-state index in [1.54, 1.807) is 31.3 Å². The molecule has 1 aliphatic rings. The van der Waals surface area contributed by atoms with Crippen molar-refractivity contribution in [1.82, 2.24) is 10.2 Å². The van der Waals surface area contributed by atoms with Crippen molar-refractivity contribution in [2.75, 3.05) is 26.7 Å². The lowest BCUT2D eigenvalue weighted by atomic mass is 10.2. The van der Waals surface area contributed by atoms with E-state index in [-0.39, 0.29) is 24.5 Å². The largest absolute Gasteiger partial charge is 0.486 e. The van der Waals surface area contributed by atoms with Crippen LogP contribution in [0.25, 0.3) is 0 Å². The molecule has 3 aromatic rings. The Morgan fingerprint density at radius 1 is 0.938 bits per heavy atom. The van der Waals surface area contributed by atoms with E-state index in [1.165, 1.54) is 4.90 Å². The molecule has 7 heteroatoms. The molecule has 7 nitrogen and oxygen atoms in total. The molecule has 1 atom stereocenters. The number of hydrogen-bond donors (Lipinski definition) is 1. The monoisotopic (exact) mass is 432 g/mol. The van der Waals surface area contributed by atoms with Crippen LogP contribution in [0.1, 0.15) is 10.4 Å². The Hall–Kier alpha value is -4.00. The summed E-state index contributed by atoms with van der Waals surface area (Å²) in [4.78, 5) is 26.4. The average Bonchev–Trinajstić information content (AvgIpc) is 2.83. The zero-order valence-corrected chi connectivity index (χ0v) is 17.7. The number of rotatable bonds is 7. The Balaban J connectivity index is 1.24. The molecule has 3 aromatic carbocycles. The van der Waals surface area contributed by atoms with E-state index >= 15 is 0 Å². The maximum Gasteiger partial charge on any atom is 0.251 e. The molecule has 1 aliphatic heterocycles. The highest BCUT2D eigenvalue weighted by Crippen LogP contribution is 2.31. The van der Waals surface area contributed by atoms with Gasteiger partial charge in [0.15, 0.2) is 17.6 Å². The van der Waals surface area contributed by atoms with Crippen LogP contribution in [0.15, 0.2) is 78.9 Å². The van der Waals surface area contributed by atoms with Crippen LogP contribution >= 0.6 is 0 Å². The summed E-state index contributed by atoms with van der Waals surface area (Å²) < 4.78 is 17.3. The molecule has 0 bridgehead atoms. The maximum atomic E-state index is 12.5. The quantitative estimate of drug-likeness (QED) is 0.618. The lowest BCUT2D eigenvalue weighted by Gasteiger charge is -2.29. The van der Waals surface area contributed by atoms with Crippen molar-refractivity contribution in [3.8, 4) is 23.0 Å². The summed E-state index contributed by atoms with van der Waals surface area (Å²) in [5.41, 5.74) is 0.446. The number of nitrogens with one attached hydrogen (secondary N) is 1. The van der Waals surface area contributed by atoms with Crippen LogP contribution in [0.5, 0.6) is 23.0 Å². The summed E-state index contributed by atoms with van der Waals surface area (Å²) in [6.45, 7) is 0.606. The molecule has 0 saturated heterocycles. The van der Waals surface area contributed by atoms with Gasteiger partial charge in [0.2, 0.25) is 5.91 Å². The SMILES string of the molecule is CN(C[C@H]1COc2ccccc2O1)C(=O)CNC(=O)c1ccc(Oc2ccccc2)cc1. The van der Waals surface area contributed by atoms with Gasteiger partial charge < -0.3 is 24.4 Å². The van der Waals surface area contributed by atoms with Crippen molar-refractivity contribution < 1.29 is 23.8 Å². The van der Waals surface area contributed by atoms with Gasteiger partial charge in [-0.15, -0.1) is 0 Å². The fraction of sp³-hybridized carbons (Fsp3) is 0.200. The van der Waals surface area contributed by atoms with Gasteiger partial charge in [0, 0.05) is 12.6 Å². The summed E-state index contributed by atoms with van der Waals surface area (Å²) in [6.07, 6.45) is -0.272. The number of para-hydroxylation sites is 3. The highest BCUT2D eigenvalue weighted by Gasteiger charge is 2.23. The second-order valence-corrected chi connectivity index (χ2v) is 7.39. The number of fused-ring (bicyclic) bond motifs is 1. The molecule has 164 valence electrons. The van der Waals surface area contributed by atoms with Crippen LogP contribution in [0.4, 0.5) is 0 Å². The van der Waals surface area contributed by atoms with Crippen LogP contribution in [0.3, 0.4) is 0 Å². The van der Waals surface area contributed by atoms with E-state index < -0.39 is 0 Å². The average molecular weight is 432 g/mol. The van der Waals surface area contributed by atoms with E-state index in [4.69, 9.17) is 14.2 Å². The summed E-state index contributed by atoms with van der Waals surface area (Å²) in [7, 11) is 1.67. The number of nitrogens with zero attached hydrogens (tertiary/aromatic N) is 1. The molecule has 0 unspecified atom stereocenters. The first-order chi connectivity index (χ1) is 15.6. The topological polar surface area (TPSA) is 77.1 Å². The molecule has 0 saturated carbocycles. The molecular formula is C25H24N2O5. The molecule has 0 radical (unpaired) electrons. The third-order valence-corrected chi connectivity index (χ3v) is 4.97. The first kappa shape index (κ1) is 21.2. The summed E-state index contributed by atoms with van der Waals surface area (Å²) in [5, 5.41) is 2.66. The normalized spacial score (nSPS) is 14.3. The highest BCUT2D eigenvalue weighted by molar-refractivity contribution is 5.96. The number of benzene rings is 3. The lowest BCUT2D eigenvalue weighted by molar-refractivity contribution is -0.130. The van der Waals surface area contributed by atoms with Gasteiger partial charge in [0.25, 0.3) is 5.91 Å². The van der Waals surface area contributed by atoms with Crippen molar-refractivity contribution in [2.45, 2.75) is 6.10 Å². The number of hydrogen-bond acceptors (Lipinski definition) is 5. The fourth-order valence-corrected chi connectivity index (χ4v) is 3.25. The summed E-state index contributed by atoms with van der Waals surface area (Å²) in [5.74, 6) is 2.16. The Labute approximate surface area is 186 Å². The zero-order chi connectivity index (χ0) is 22.3. The van der Waals surface area contributed by atoms with Crippen molar-refractivity contribution in [3.05, 3.63) is 84.4 Å². The van der Waals surface area contributed by atoms with Crippen molar-refractivity contribution in [3.63, 3.8) is 0 Å². The number of carbonyl (C=O) groups excluding carboxylic acids is 2. The Bertz CT molecular complexity index is 1070. The van der Waals surface area contributed by atoms with E-state index in [2.05, 4.69) is 5.32 Å². The number of ether oxygens (including phenoxy) is 3. The molecule has 2 amide bonds. The van der Waals surface area contributed by atoms with Gasteiger partial charge in [-0.3, -0.25) is 9.59 Å². The third-order valence-electron chi connectivity index (χ3n) is 4.97. The molecule has 0 aromatic heterocycles. The van der Waals surface area contributed by atoms with Crippen molar-refractivity contribution in [1.29, 1.82) is 0 Å². The molecule has 1 heterocycles. The number of amides is 2. The minimum absolute atomic E-state index is 0.109. The smallest absolute Gasteiger partial charge is 0.251 e. The minimum Gasteiger partial charge on any atom is -0.486 e. The second-order valence-electron chi connectivity index (χ2n) is 7.39. The van der Waals surface area contributed by atoms with Gasteiger partial charge in [-0.2, -0.15) is 0 Å². The third kappa shape index (κ3) is 5.37. The van der Waals surface area contributed by atoms with Gasteiger partial charge in [-0.1, -0.05) is 30.3 Å². The van der Waals surface area contributed by atoms with Crippen LogP contribution in [0.2, 0.25) is 0 Å². The molecule has 32 heavy (non-hydrogen) atoms. The Kier molecular flexibility index (Phi) is 6.55. The second kappa shape index (κ2) is 9.87. The molecule has 0 fully saturated rings. The minimum atomic E-state index is -0.329. The van der Waals surface area contributed by atoms with E-state index in [9.17, 15) is 9.59 Å². The van der Waals surface area contributed by atoms with Crippen LogP contribution in [0, 0.1) is 0 Å². The van der Waals surface area contributed by atoms with Crippen molar-refractivity contribution >= 4 is 11.8 Å². The predicted molar refractivity (Wildman–Crippen MR) is 119 cm³/mol. The van der Waals surface area contributed by atoms with Crippen molar-refractivity contribution in [2.24, 2.45) is 0 Å². The maximum absolute atomic E-state index is 12.5. The molecule has 1 N–H and O–H groups in total. The van der Waals surface area contributed by atoms with Gasteiger partial charge in [-0.05, 0) is 48.5 Å². The zero-order valence-electron chi connectivity index (χ0n) is 17.7. The van der Waals surface area contributed by atoms with Crippen LogP contribution in [-0.2, 0) is 4.79 Å². The number of carbonyl (C=O) groups is 2. The van der Waals surface area contributed by atoms with Gasteiger partial charge in [0.1, 0.15) is 18.1 Å². The lowest BCUT2D eigenvalue weighted by Crippen LogP contribution is -2.45. The summed E-state index contributed by atoms with van der Waals surface area (Å²) in [6, 6.07) is 23.6. The molecule has 4 rings (SSSR count). The van der Waals surface area contributed by atoms with Crippen LogP contribution < -0.4 is 19.5 Å². The van der Waals surface area contributed by atoms with Crippen LogP contribution in [-0.4, -0.2) is 49.6 Å². The highest BCUT2D eigenvalue weighted by atomic mass is 16.6. The molecule has 0 aliphatic carbocycles. The van der Waals surface area contributed by atoms with E-state index in [0.717, 1.165) is 0 Å². The first-order valence-electron chi connectivity index (χ1n) is 10.3. The summed E-state index contributed by atoms with van der Waals surface area (Å²) >= 11 is 0. The first-order valence-corrected chi connectivity index (χ1v) is 10.3. The Morgan fingerprint density at radius 2 is 1.59 bits per heavy atom. The van der Waals surface area contributed by atoms with Gasteiger partial charge in [0.05, 0.1) is 13.1 Å². The molecule has 0 spiro atoms.